The molecule has 1 fully saturated rings. The van der Waals surface area contributed by atoms with E-state index in [0.29, 0.717) is 12.1 Å². The SMILES string of the molecule is Cc1[nH]ncc1C(=O)N1CCC[C@@H](c2nc(Nc3ccccc3)n3c(C)c(C)sc23)C1. The molecule has 0 radical (unpaired) electrons. The maximum absolute atomic E-state index is 13.1. The number of benzene rings is 1. The van der Waals surface area contributed by atoms with Gasteiger partial charge in [0.2, 0.25) is 5.95 Å². The summed E-state index contributed by atoms with van der Waals surface area (Å²) in [6, 6.07) is 10.1. The lowest BCUT2D eigenvalue weighted by molar-refractivity contribution is 0.0706. The number of anilines is 2. The minimum absolute atomic E-state index is 0.0487. The van der Waals surface area contributed by atoms with Crippen molar-refractivity contribution in [1.82, 2.24) is 24.5 Å². The van der Waals surface area contributed by atoms with E-state index in [1.54, 1.807) is 17.5 Å². The van der Waals surface area contributed by atoms with Gasteiger partial charge in [-0.15, -0.1) is 11.3 Å². The van der Waals surface area contributed by atoms with Crippen LogP contribution in [-0.4, -0.2) is 43.5 Å². The van der Waals surface area contributed by atoms with E-state index >= 15 is 0 Å². The fourth-order valence-corrected chi connectivity index (χ4v) is 5.49. The predicted molar refractivity (Wildman–Crippen MR) is 123 cm³/mol. The van der Waals surface area contributed by atoms with Gasteiger partial charge in [0.05, 0.1) is 17.5 Å². The number of nitrogens with zero attached hydrogens (tertiary/aromatic N) is 4. The number of aromatic nitrogens is 4. The number of hydrogen-bond donors (Lipinski definition) is 2. The van der Waals surface area contributed by atoms with Gasteiger partial charge in [-0.05, 0) is 45.7 Å². The Hall–Kier alpha value is -3.13. The zero-order chi connectivity index (χ0) is 21.5. The highest BCUT2D eigenvalue weighted by atomic mass is 32.1. The highest BCUT2D eigenvalue weighted by Crippen LogP contribution is 2.37. The van der Waals surface area contributed by atoms with Crippen molar-refractivity contribution in [3.05, 3.63) is 64.1 Å². The Bertz CT molecular complexity index is 1240. The smallest absolute Gasteiger partial charge is 0.257 e. The Kier molecular flexibility index (Phi) is 5.02. The number of rotatable bonds is 4. The van der Waals surface area contributed by atoms with Crippen molar-refractivity contribution in [2.45, 2.75) is 39.5 Å². The number of nitrogens with one attached hydrogen (secondary N) is 2. The van der Waals surface area contributed by atoms with Gasteiger partial charge in [-0.1, -0.05) is 18.2 Å². The summed E-state index contributed by atoms with van der Waals surface area (Å²) in [6.45, 7) is 7.63. The third-order valence-corrected chi connectivity index (χ3v) is 7.33. The second-order valence-corrected chi connectivity index (χ2v) is 9.40. The van der Waals surface area contributed by atoms with Crippen LogP contribution in [0.5, 0.6) is 0 Å². The van der Waals surface area contributed by atoms with E-state index in [1.807, 2.05) is 42.2 Å². The van der Waals surface area contributed by atoms with Gasteiger partial charge in [0.1, 0.15) is 4.83 Å². The molecular formula is C23H26N6OS. The molecule has 5 rings (SSSR count). The fourth-order valence-electron chi connectivity index (χ4n) is 4.33. The number of aryl methyl sites for hydroxylation is 3. The van der Waals surface area contributed by atoms with Gasteiger partial charge in [-0.2, -0.15) is 5.10 Å². The van der Waals surface area contributed by atoms with E-state index < -0.39 is 0 Å². The summed E-state index contributed by atoms with van der Waals surface area (Å²) in [4.78, 5) is 22.5. The van der Waals surface area contributed by atoms with Crippen LogP contribution in [0.3, 0.4) is 0 Å². The zero-order valence-corrected chi connectivity index (χ0v) is 18.8. The van der Waals surface area contributed by atoms with Crippen molar-refractivity contribution in [1.29, 1.82) is 0 Å². The number of aromatic amines is 1. The number of likely N-dealkylation sites (tertiary alicyclic amines) is 1. The van der Waals surface area contributed by atoms with Crippen LogP contribution in [0.1, 0.15) is 51.1 Å². The molecule has 3 aromatic heterocycles. The van der Waals surface area contributed by atoms with Crippen molar-refractivity contribution < 1.29 is 4.79 Å². The normalized spacial score (nSPS) is 16.7. The van der Waals surface area contributed by atoms with Gasteiger partial charge >= 0.3 is 0 Å². The molecule has 1 atom stereocenters. The van der Waals surface area contributed by atoms with Gasteiger partial charge in [-0.3, -0.25) is 14.3 Å². The third kappa shape index (κ3) is 3.50. The summed E-state index contributed by atoms with van der Waals surface area (Å²) in [7, 11) is 0. The zero-order valence-electron chi connectivity index (χ0n) is 18.0. The van der Waals surface area contributed by atoms with Crippen molar-refractivity contribution in [3.8, 4) is 0 Å². The van der Waals surface area contributed by atoms with E-state index in [2.05, 4.69) is 33.8 Å². The van der Waals surface area contributed by atoms with Gasteiger partial charge < -0.3 is 10.2 Å². The van der Waals surface area contributed by atoms with Crippen molar-refractivity contribution >= 4 is 33.7 Å². The molecule has 0 aliphatic carbocycles. The molecule has 0 spiro atoms. The topological polar surface area (TPSA) is 78.3 Å². The fraction of sp³-hybridized carbons (Fsp3) is 0.348. The summed E-state index contributed by atoms with van der Waals surface area (Å²) >= 11 is 1.78. The standard InChI is InChI=1S/C23H26N6OS/c1-14-19(12-24-27-14)21(30)28-11-7-8-17(13-28)20-22-29(15(2)16(3)31-22)23(26-20)25-18-9-5-4-6-10-18/h4-6,9-10,12,17H,7-8,11,13H2,1-3H3,(H,24,27)(H,25,26)/t17-/m1/s1. The van der Waals surface area contributed by atoms with Gasteiger partial charge in [-0.25, -0.2) is 4.98 Å². The predicted octanol–water partition coefficient (Wildman–Crippen LogP) is 4.81. The van der Waals surface area contributed by atoms with Crippen LogP contribution in [0.4, 0.5) is 11.6 Å². The van der Waals surface area contributed by atoms with E-state index in [4.69, 9.17) is 4.98 Å². The molecule has 2 N–H and O–H groups in total. The van der Waals surface area contributed by atoms with E-state index in [-0.39, 0.29) is 11.8 Å². The summed E-state index contributed by atoms with van der Waals surface area (Å²) in [5.74, 6) is 1.10. The lowest BCUT2D eigenvalue weighted by Gasteiger charge is -2.32. The maximum Gasteiger partial charge on any atom is 0.257 e. The number of imidazole rings is 1. The minimum atomic E-state index is 0.0487. The average molecular weight is 435 g/mol. The number of piperidine rings is 1. The molecule has 1 amide bonds. The molecule has 160 valence electrons. The van der Waals surface area contributed by atoms with E-state index in [1.165, 1.54) is 15.4 Å². The first-order valence-corrected chi connectivity index (χ1v) is 11.4. The summed E-state index contributed by atoms with van der Waals surface area (Å²) in [5.41, 5.74) is 4.77. The molecule has 0 bridgehead atoms. The summed E-state index contributed by atoms with van der Waals surface area (Å²) in [5, 5.41) is 10.4. The molecule has 31 heavy (non-hydrogen) atoms. The number of carbonyl (C=O) groups excluding carboxylic acids is 1. The molecule has 1 aliphatic heterocycles. The van der Waals surface area contributed by atoms with Crippen LogP contribution >= 0.6 is 11.3 Å². The highest BCUT2D eigenvalue weighted by molar-refractivity contribution is 7.17. The quantitative estimate of drug-likeness (QED) is 0.483. The first-order valence-electron chi connectivity index (χ1n) is 10.6. The molecule has 7 nitrogen and oxygen atoms in total. The number of thiazole rings is 1. The molecule has 8 heteroatoms. The van der Waals surface area contributed by atoms with E-state index in [0.717, 1.165) is 42.4 Å². The molecule has 0 unspecified atom stereocenters. The van der Waals surface area contributed by atoms with Gasteiger partial charge in [0, 0.05) is 41.0 Å². The van der Waals surface area contributed by atoms with Crippen LogP contribution in [0.15, 0.2) is 36.5 Å². The van der Waals surface area contributed by atoms with Crippen molar-refractivity contribution in [2.75, 3.05) is 18.4 Å². The summed E-state index contributed by atoms with van der Waals surface area (Å²) < 4.78 is 2.23. The number of hydrogen-bond acceptors (Lipinski definition) is 5. The van der Waals surface area contributed by atoms with Crippen LogP contribution in [-0.2, 0) is 0 Å². The largest absolute Gasteiger partial charge is 0.338 e. The Morgan fingerprint density at radius 2 is 2.03 bits per heavy atom. The monoisotopic (exact) mass is 434 g/mol. The maximum atomic E-state index is 13.1. The first kappa shape index (κ1) is 19.8. The van der Waals surface area contributed by atoms with Crippen molar-refractivity contribution in [3.63, 3.8) is 0 Å². The Balaban J connectivity index is 1.49. The van der Waals surface area contributed by atoms with Crippen molar-refractivity contribution in [2.24, 2.45) is 0 Å². The Labute approximate surface area is 185 Å². The second kappa shape index (κ2) is 7.85. The third-order valence-electron chi connectivity index (χ3n) is 6.14. The minimum Gasteiger partial charge on any atom is -0.338 e. The lowest BCUT2D eigenvalue weighted by atomic mass is 9.94. The summed E-state index contributed by atoms with van der Waals surface area (Å²) in [6.07, 6.45) is 3.63. The van der Waals surface area contributed by atoms with Crippen LogP contribution in [0.2, 0.25) is 0 Å². The van der Waals surface area contributed by atoms with Crippen LogP contribution in [0, 0.1) is 20.8 Å². The average Bonchev–Trinajstić information content (AvgIpc) is 3.45. The van der Waals surface area contributed by atoms with Gasteiger partial charge in [0.25, 0.3) is 5.91 Å². The number of carbonyl (C=O) groups is 1. The van der Waals surface area contributed by atoms with Crippen LogP contribution < -0.4 is 5.32 Å². The highest BCUT2D eigenvalue weighted by Gasteiger charge is 2.31. The molecule has 1 saturated heterocycles. The molecular weight excluding hydrogens is 408 g/mol. The Morgan fingerprint density at radius 1 is 1.23 bits per heavy atom. The van der Waals surface area contributed by atoms with E-state index in [9.17, 15) is 4.79 Å². The molecule has 1 aromatic carbocycles. The number of fused-ring (bicyclic) bond motifs is 1. The Morgan fingerprint density at radius 3 is 2.77 bits per heavy atom. The second-order valence-electron chi connectivity index (χ2n) is 8.19. The molecule has 4 heterocycles. The molecule has 0 saturated carbocycles. The number of H-pyrrole nitrogens is 1. The lowest BCUT2D eigenvalue weighted by Crippen LogP contribution is -2.39. The van der Waals surface area contributed by atoms with Crippen LogP contribution in [0.25, 0.3) is 4.83 Å². The first-order chi connectivity index (χ1) is 15.0. The molecule has 1 aliphatic rings. The molecule has 4 aromatic rings. The number of amides is 1. The number of para-hydroxylation sites is 1. The van der Waals surface area contributed by atoms with Gasteiger partial charge in [0.15, 0.2) is 0 Å².